The molecule has 4 heterocycles. The molecule has 0 bridgehead atoms. The zero-order valence-electron chi connectivity index (χ0n) is 14.7. The average Bonchev–Trinajstić information content (AvgIpc) is 3.11. The Hall–Kier alpha value is -3.10. The van der Waals surface area contributed by atoms with Gasteiger partial charge in [0.1, 0.15) is 11.5 Å². The summed E-state index contributed by atoms with van der Waals surface area (Å²) in [5, 5.41) is 4.01. The molecular weight excluding hydrogens is 354 g/mol. The van der Waals surface area contributed by atoms with Crippen molar-refractivity contribution in [2.45, 2.75) is 13.3 Å². The van der Waals surface area contributed by atoms with Crippen LogP contribution in [0.2, 0.25) is 0 Å². The summed E-state index contributed by atoms with van der Waals surface area (Å²) in [5.74, 6) is 0.846. The molecule has 1 saturated heterocycles. The number of piperazine rings is 1. The van der Waals surface area contributed by atoms with Crippen molar-refractivity contribution in [2.75, 3.05) is 31.1 Å². The molecule has 4 rings (SSSR count). The number of hydrogen-bond donors (Lipinski definition) is 0. The molecule has 0 spiro atoms. The number of pyridine rings is 1. The van der Waals surface area contributed by atoms with Crippen LogP contribution in [-0.2, 0) is 4.79 Å². The van der Waals surface area contributed by atoms with Gasteiger partial charge in [0.15, 0.2) is 5.65 Å². The topological polar surface area (TPSA) is 66.6 Å². The number of hydrogen-bond acceptors (Lipinski definition) is 5. The van der Waals surface area contributed by atoms with Gasteiger partial charge in [0.05, 0.1) is 11.9 Å². The highest BCUT2D eigenvalue weighted by atomic mass is 19.3. The second-order valence-corrected chi connectivity index (χ2v) is 6.37. The van der Waals surface area contributed by atoms with Crippen molar-refractivity contribution in [2.24, 2.45) is 0 Å². The van der Waals surface area contributed by atoms with E-state index >= 15 is 0 Å². The number of amides is 1. The quantitative estimate of drug-likeness (QED) is 0.706. The first-order chi connectivity index (χ1) is 13.0. The van der Waals surface area contributed by atoms with Gasteiger partial charge in [-0.05, 0) is 24.3 Å². The molecule has 9 heteroatoms. The van der Waals surface area contributed by atoms with Crippen LogP contribution >= 0.6 is 0 Å². The lowest BCUT2D eigenvalue weighted by Gasteiger charge is -2.35. The van der Waals surface area contributed by atoms with Gasteiger partial charge >= 0.3 is 0 Å². The number of aromatic nitrogens is 4. The number of carbonyl (C=O) groups is 1. The van der Waals surface area contributed by atoms with E-state index in [9.17, 15) is 13.6 Å². The normalized spacial score (nSPS) is 15.0. The number of anilines is 1. The van der Waals surface area contributed by atoms with E-state index in [4.69, 9.17) is 0 Å². The van der Waals surface area contributed by atoms with Gasteiger partial charge in [-0.25, -0.2) is 23.3 Å². The first-order valence-corrected chi connectivity index (χ1v) is 8.62. The van der Waals surface area contributed by atoms with Crippen LogP contribution in [0.25, 0.3) is 16.9 Å². The Bertz CT molecular complexity index is 981. The van der Waals surface area contributed by atoms with Crippen molar-refractivity contribution in [3.63, 3.8) is 0 Å². The fourth-order valence-electron chi connectivity index (χ4n) is 3.20. The smallest absolute Gasteiger partial charge is 0.282 e. The maximum absolute atomic E-state index is 13.0. The molecular formula is C18H18F2N6O. The maximum atomic E-state index is 13.0. The molecule has 3 aromatic heterocycles. The minimum absolute atomic E-state index is 0.0722. The number of alkyl halides is 2. The molecule has 140 valence electrons. The molecule has 1 fully saturated rings. The van der Waals surface area contributed by atoms with Crippen LogP contribution in [-0.4, -0.2) is 56.6 Å². The molecule has 7 nitrogen and oxygen atoms in total. The van der Waals surface area contributed by atoms with Gasteiger partial charge in [-0.2, -0.15) is 5.10 Å². The summed E-state index contributed by atoms with van der Waals surface area (Å²) >= 11 is 0. The van der Waals surface area contributed by atoms with Crippen LogP contribution in [0.1, 0.15) is 19.0 Å². The van der Waals surface area contributed by atoms with Crippen molar-refractivity contribution in [3.8, 4) is 11.3 Å². The summed E-state index contributed by atoms with van der Waals surface area (Å²) in [4.78, 5) is 24.0. The standard InChI is InChI=1S/C18H18F2N6O/c1-12(27)24-6-8-25(9-7-24)17-10-13(4-5-21-17)15-11-22-16-3-2-14(18(19)20)23-26(15)16/h2-5,10-11,18H,6-9H2,1H3. The van der Waals surface area contributed by atoms with Crippen molar-refractivity contribution in [1.29, 1.82) is 0 Å². The van der Waals surface area contributed by atoms with Crippen LogP contribution in [0.15, 0.2) is 36.7 Å². The molecule has 27 heavy (non-hydrogen) atoms. The van der Waals surface area contributed by atoms with E-state index in [0.29, 0.717) is 37.5 Å². The Labute approximate surface area is 154 Å². The summed E-state index contributed by atoms with van der Waals surface area (Å²) in [6, 6.07) is 6.50. The Morgan fingerprint density at radius 1 is 1.11 bits per heavy atom. The first kappa shape index (κ1) is 17.3. The molecule has 0 N–H and O–H groups in total. The predicted molar refractivity (Wildman–Crippen MR) is 95.6 cm³/mol. The number of carbonyl (C=O) groups excluding carboxylic acids is 1. The third-order valence-electron chi connectivity index (χ3n) is 4.70. The average molecular weight is 372 g/mol. The van der Waals surface area contributed by atoms with Crippen molar-refractivity contribution >= 4 is 17.4 Å². The minimum atomic E-state index is -2.64. The number of imidazole rings is 1. The van der Waals surface area contributed by atoms with E-state index in [1.165, 1.54) is 16.6 Å². The van der Waals surface area contributed by atoms with Gasteiger partial charge in [0.25, 0.3) is 6.43 Å². The highest BCUT2D eigenvalue weighted by Gasteiger charge is 2.20. The summed E-state index contributed by atoms with van der Waals surface area (Å²) < 4.78 is 27.4. The zero-order valence-corrected chi connectivity index (χ0v) is 14.7. The number of fused-ring (bicyclic) bond motifs is 1. The Kier molecular flexibility index (Phi) is 4.43. The van der Waals surface area contributed by atoms with Crippen LogP contribution in [0.3, 0.4) is 0 Å². The van der Waals surface area contributed by atoms with Gasteiger partial charge in [-0.3, -0.25) is 4.79 Å². The van der Waals surface area contributed by atoms with Crippen molar-refractivity contribution in [3.05, 3.63) is 42.4 Å². The number of rotatable bonds is 3. The molecule has 0 radical (unpaired) electrons. The van der Waals surface area contributed by atoms with Gasteiger partial charge in [-0.1, -0.05) is 0 Å². The van der Waals surface area contributed by atoms with Crippen LogP contribution in [0, 0.1) is 0 Å². The van der Waals surface area contributed by atoms with Crippen LogP contribution < -0.4 is 4.90 Å². The second kappa shape index (κ2) is 6.90. The fraction of sp³-hybridized carbons (Fsp3) is 0.333. The molecule has 0 unspecified atom stereocenters. The van der Waals surface area contributed by atoms with E-state index in [2.05, 4.69) is 20.0 Å². The first-order valence-electron chi connectivity index (χ1n) is 8.62. The monoisotopic (exact) mass is 372 g/mol. The Balaban J connectivity index is 1.64. The number of halogens is 2. The number of nitrogens with zero attached hydrogens (tertiary/aromatic N) is 6. The molecule has 3 aromatic rings. The molecule has 0 saturated carbocycles. The lowest BCUT2D eigenvalue weighted by atomic mass is 10.2. The maximum Gasteiger partial charge on any atom is 0.282 e. The Morgan fingerprint density at radius 3 is 2.59 bits per heavy atom. The molecule has 1 amide bonds. The third kappa shape index (κ3) is 3.32. The molecule has 1 aliphatic heterocycles. The minimum Gasteiger partial charge on any atom is -0.353 e. The van der Waals surface area contributed by atoms with E-state index in [1.807, 2.05) is 6.07 Å². The molecule has 0 aliphatic carbocycles. The summed E-state index contributed by atoms with van der Waals surface area (Å²) in [5.41, 5.74) is 1.62. The van der Waals surface area contributed by atoms with Gasteiger partial charge in [-0.15, -0.1) is 0 Å². The fourth-order valence-corrected chi connectivity index (χ4v) is 3.20. The molecule has 0 atom stereocenters. The lowest BCUT2D eigenvalue weighted by molar-refractivity contribution is -0.129. The van der Waals surface area contributed by atoms with Crippen molar-refractivity contribution < 1.29 is 13.6 Å². The van der Waals surface area contributed by atoms with E-state index < -0.39 is 6.43 Å². The summed E-state index contributed by atoms with van der Waals surface area (Å²) in [7, 11) is 0. The SMILES string of the molecule is CC(=O)N1CCN(c2cc(-c3cnc4ccc(C(F)F)nn34)ccn2)CC1. The highest BCUT2D eigenvalue weighted by molar-refractivity contribution is 5.73. The zero-order chi connectivity index (χ0) is 19.0. The van der Waals surface area contributed by atoms with E-state index in [-0.39, 0.29) is 11.6 Å². The summed E-state index contributed by atoms with van der Waals surface area (Å²) in [6.45, 7) is 4.25. The molecule has 0 aromatic carbocycles. The molecule has 1 aliphatic rings. The van der Waals surface area contributed by atoms with Gasteiger partial charge in [0, 0.05) is 44.9 Å². The third-order valence-corrected chi connectivity index (χ3v) is 4.70. The second-order valence-electron chi connectivity index (χ2n) is 6.37. The summed E-state index contributed by atoms with van der Waals surface area (Å²) in [6.07, 6.45) is 0.651. The van der Waals surface area contributed by atoms with Gasteiger partial charge in [0.2, 0.25) is 5.91 Å². The highest BCUT2D eigenvalue weighted by Crippen LogP contribution is 2.25. The van der Waals surface area contributed by atoms with E-state index in [0.717, 1.165) is 11.4 Å². The lowest BCUT2D eigenvalue weighted by Crippen LogP contribution is -2.48. The van der Waals surface area contributed by atoms with Gasteiger partial charge < -0.3 is 9.80 Å². The van der Waals surface area contributed by atoms with Crippen LogP contribution in [0.5, 0.6) is 0 Å². The van der Waals surface area contributed by atoms with E-state index in [1.54, 1.807) is 30.3 Å². The Morgan fingerprint density at radius 2 is 1.89 bits per heavy atom. The largest absolute Gasteiger partial charge is 0.353 e. The van der Waals surface area contributed by atoms with Crippen LogP contribution in [0.4, 0.5) is 14.6 Å². The van der Waals surface area contributed by atoms with Crippen molar-refractivity contribution in [1.82, 2.24) is 24.5 Å². The predicted octanol–water partition coefficient (Wildman–Crippen LogP) is 2.40.